The van der Waals surface area contributed by atoms with Crippen LogP contribution in [0.1, 0.15) is 53.9 Å². The van der Waals surface area contributed by atoms with Gasteiger partial charge >= 0.3 is 6.09 Å². The maximum absolute atomic E-state index is 11.7. The molecule has 0 aromatic rings. The molecule has 0 bridgehead atoms. The lowest BCUT2D eigenvalue weighted by atomic mass is 10.1. The van der Waals surface area contributed by atoms with Crippen molar-refractivity contribution in [2.75, 3.05) is 12.8 Å². The Hall–Kier alpha value is -0.420. The highest BCUT2D eigenvalue weighted by atomic mass is 32.2. The van der Waals surface area contributed by atoms with Crippen molar-refractivity contribution >= 4 is 17.9 Å². The first-order chi connectivity index (χ1) is 9.11. The number of ether oxygens (including phenoxy) is 1. The molecule has 4 nitrogen and oxygen atoms in total. The van der Waals surface area contributed by atoms with E-state index in [0.717, 1.165) is 25.8 Å². The van der Waals surface area contributed by atoms with Gasteiger partial charge in [-0.25, -0.2) is 4.79 Å². The lowest BCUT2D eigenvalue weighted by Crippen LogP contribution is -2.40. The van der Waals surface area contributed by atoms with Gasteiger partial charge in [-0.05, 0) is 60.1 Å². The molecular weight excluding hydrogens is 272 g/mol. The first-order valence-corrected chi connectivity index (χ1v) is 8.62. The van der Waals surface area contributed by atoms with E-state index in [4.69, 9.17) is 4.74 Å². The summed E-state index contributed by atoms with van der Waals surface area (Å²) in [6.07, 6.45) is 4.97. The van der Waals surface area contributed by atoms with Gasteiger partial charge in [0.15, 0.2) is 0 Å². The number of carbonyl (C=O) groups is 1. The number of rotatable bonds is 5. The Morgan fingerprint density at radius 3 is 2.35 bits per heavy atom. The molecule has 20 heavy (non-hydrogen) atoms. The molecule has 1 amide bonds. The van der Waals surface area contributed by atoms with Crippen LogP contribution in [-0.4, -0.2) is 41.3 Å². The number of hydrogen-bond acceptors (Lipinski definition) is 4. The quantitative estimate of drug-likeness (QED) is 0.819. The zero-order valence-electron chi connectivity index (χ0n) is 13.7. The van der Waals surface area contributed by atoms with E-state index in [1.807, 2.05) is 32.5 Å². The standard InChI is InChI=1S/C15H30N2O2S/c1-14(2,3)19-13(18)17-12-8-7-11(9-12)16-10-15(4,5)20-6/h11-12,16H,7-10H2,1-6H3,(H,17,18). The van der Waals surface area contributed by atoms with E-state index in [1.165, 1.54) is 0 Å². The number of alkyl carbamates (subject to hydrolysis) is 1. The van der Waals surface area contributed by atoms with E-state index in [-0.39, 0.29) is 16.9 Å². The maximum Gasteiger partial charge on any atom is 0.407 e. The maximum atomic E-state index is 11.7. The van der Waals surface area contributed by atoms with Gasteiger partial charge in [0, 0.05) is 23.4 Å². The van der Waals surface area contributed by atoms with Crippen molar-refractivity contribution in [1.29, 1.82) is 0 Å². The minimum Gasteiger partial charge on any atom is -0.444 e. The summed E-state index contributed by atoms with van der Waals surface area (Å²) in [5.41, 5.74) is -0.428. The average Bonchev–Trinajstić information content (AvgIpc) is 2.71. The number of hydrogen-bond donors (Lipinski definition) is 2. The second-order valence-electron chi connectivity index (χ2n) is 7.20. The Balaban J connectivity index is 2.28. The number of carbonyl (C=O) groups excluding carboxylic acids is 1. The normalized spacial score (nSPS) is 23.7. The highest BCUT2D eigenvalue weighted by molar-refractivity contribution is 7.99. The third-order valence-corrected chi connectivity index (χ3v) is 4.77. The molecule has 1 fully saturated rings. The van der Waals surface area contributed by atoms with E-state index in [1.54, 1.807) is 0 Å². The summed E-state index contributed by atoms with van der Waals surface area (Å²) in [6, 6.07) is 0.737. The predicted molar refractivity (Wildman–Crippen MR) is 86.4 cm³/mol. The Morgan fingerprint density at radius 2 is 1.80 bits per heavy atom. The van der Waals surface area contributed by atoms with E-state index < -0.39 is 5.60 Å². The van der Waals surface area contributed by atoms with Gasteiger partial charge in [-0.2, -0.15) is 11.8 Å². The third kappa shape index (κ3) is 6.84. The molecule has 1 saturated carbocycles. The van der Waals surface area contributed by atoms with E-state index >= 15 is 0 Å². The Kier molecular flexibility index (Phi) is 6.20. The van der Waals surface area contributed by atoms with Crippen LogP contribution in [0.3, 0.4) is 0 Å². The fourth-order valence-corrected chi connectivity index (χ4v) is 2.46. The van der Waals surface area contributed by atoms with Crippen molar-refractivity contribution in [3.05, 3.63) is 0 Å². The van der Waals surface area contributed by atoms with Crippen molar-refractivity contribution in [2.45, 2.75) is 76.3 Å². The van der Waals surface area contributed by atoms with Crippen molar-refractivity contribution < 1.29 is 9.53 Å². The summed E-state index contributed by atoms with van der Waals surface area (Å²) in [4.78, 5) is 11.7. The highest BCUT2D eigenvalue weighted by Gasteiger charge is 2.28. The van der Waals surface area contributed by atoms with Crippen LogP contribution >= 0.6 is 11.8 Å². The lowest BCUT2D eigenvalue weighted by Gasteiger charge is -2.25. The van der Waals surface area contributed by atoms with Crippen molar-refractivity contribution in [2.24, 2.45) is 0 Å². The van der Waals surface area contributed by atoms with Gasteiger partial charge < -0.3 is 15.4 Å². The van der Waals surface area contributed by atoms with Crippen molar-refractivity contribution in [3.8, 4) is 0 Å². The molecule has 0 aromatic carbocycles. The second kappa shape index (κ2) is 7.03. The van der Waals surface area contributed by atoms with Crippen LogP contribution < -0.4 is 10.6 Å². The van der Waals surface area contributed by atoms with E-state index in [2.05, 4.69) is 30.7 Å². The third-order valence-electron chi connectivity index (χ3n) is 3.52. The van der Waals surface area contributed by atoms with Crippen molar-refractivity contribution in [3.63, 3.8) is 0 Å². The summed E-state index contributed by atoms with van der Waals surface area (Å²) in [5, 5.41) is 6.58. The molecule has 0 aromatic heterocycles. The van der Waals surface area contributed by atoms with Crippen LogP contribution in [0.5, 0.6) is 0 Å². The molecule has 0 saturated heterocycles. The average molecular weight is 302 g/mol. The molecule has 0 heterocycles. The Labute approximate surface area is 127 Å². The molecule has 0 radical (unpaired) electrons. The van der Waals surface area contributed by atoms with Gasteiger partial charge in [-0.15, -0.1) is 0 Å². The van der Waals surface area contributed by atoms with E-state index in [0.29, 0.717) is 6.04 Å². The summed E-state index contributed by atoms with van der Waals surface area (Å²) < 4.78 is 5.55. The van der Waals surface area contributed by atoms with Gasteiger partial charge in [0.25, 0.3) is 0 Å². The van der Waals surface area contributed by atoms with Crippen LogP contribution in [0, 0.1) is 0 Å². The Bertz CT molecular complexity index is 326. The minimum absolute atomic E-state index is 0.236. The summed E-state index contributed by atoms with van der Waals surface area (Å²) >= 11 is 1.88. The van der Waals surface area contributed by atoms with Crippen LogP contribution in [0.4, 0.5) is 4.79 Å². The van der Waals surface area contributed by atoms with Gasteiger partial charge in [0.1, 0.15) is 5.60 Å². The topological polar surface area (TPSA) is 50.4 Å². The molecule has 1 aliphatic carbocycles. The van der Waals surface area contributed by atoms with Gasteiger partial charge in [0.2, 0.25) is 0 Å². The summed E-state index contributed by atoms with van der Waals surface area (Å²) in [5.74, 6) is 0. The molecule has 5 heteroatoms. The second-order valence-corrected chi connectivity index (χ2v) is 8.71. The molecule has 2 atom stereocenters. The van der Waals surface area contributed by atoms with Crippen LogP contribution in [-0.2, 0) is 4.74 Å². The molecule has 118 valence electrons. The van der Waals surface area contributed by atoms with Gasteiger partial charge in [0.05, 0.1) is 0 Å². The van der Waals surface area contributed by atoms with Crippen molar-refractivity contribution in [1.82, 2.24) is 10.6 Å². The SMILES string of the molecule is CSC(C)(C)CNC1CCC(NC(=O)OC(C)(C)C)C1. The van der Waals surface area contributed by atoms with Crippen LogP contribution in [0.15, 0.2) is 0 Å². The first kappa shape index (κ1) is 17.6. The molecule has 1 rings (SSSR count). The molecule has 0 spiro atoms. The lowest BCUT2D eigenvalue weighted by molar-refractivity contribution is 0.0505. The fourth-order valence-electron chi connectivity index (χ4n) is 2.23. The number of nitrogens with one attached hydrogen (secondary N) is 2. The summed E-state index contributed by atoms with van der Waals surface area (Å²) in [6.45, 7) is 11.1. The zero-order chi connectivity index (χ0) is 15.4. The highest BCUT2D eigenvalue weighted by Crippen LogP contribution is 2.23. The molecule has 0 aliphatic heterocycles. The fraction of sp³-hybridized carbons (Fsp3) is 0.933. The van der Waals surface area contributed by atoms with Crippen LogP contribution in [0.2, 0.25) is 0 Å². The molecule has 2 unspecified atom stereocenters. The smallest absolute Gasteiger partial charge is 0.407 e. The van der Waals surface area contributed by atoms with Gasteiger partial charge in [-0.1, -0.05) is 0 Å². The van der Waals surface area contributed by atoms with E-state index in [9.17, 15) is 4.79 Å². The molecular formula is C15H30N2O2S. The number of amides is 1. The monoisotopic (exact) mass is 302 g/mol. The largest absolute Gasteiger partial charge is 0.444 e. The van der Waals surface area contributed by atoms with Gasteiger partial charge in [-0.3, -0.25) is 0 Å². The molecule has 2 N–H and O–H groups in total. The first-order valence-electron chi connectivity index (χ1n) is 7.39. The number of thioether (sulfide) groups is 1. The minimum atomic E-state index is -0.428. The molecule has 1 aliphatic rings. The summed E-state index contributed by atoms with van der Waals surface area (Å²) in [7, 11) is 0. The van der Waals surface area contributed by atoms with Crippen LogP contribution in [0.25, 0.3) is 0 Å². The predicted octanol–water partition coefficient (Wildman–Crippen LogP) is 3.16. The Morgan fingerprint density at radius 1 is 1.20 bits per heavy atom. The zero-order valence-corrected chi connectivity index (χ0v) is 14.5.